The molecule has 0 aromatic carbocycles. The van der Waals surface area contributed by atoms with Gasteiger partial charge in [0.25, 0.3) is 0 Å². The number of carbonyl (C=O) groups is 1. The first kappa shape index (κ1) is 12.8. The van der Waals surface area contributed by atoms with Crippen LogP contribution in [0.5, 0.6) is 0 Å². The highest BCUT2D eigenvalue weighted by molar-refractivity contribution is 5.75. The predicted octanol–water partition coefficient (Wildman–Crippen LogP) is 2.51. The molecule has 4 nitrogen and oxygen atoms in total. The Morgan fingerprint density at radius 1 is 1.26 bits per heavy atom. The summed E-state index contributed by atoms with van der Waals surface area (Å²) in [5.74, 6) is 2.47. The molecule has 0 saturated heterocycles. The Morgan fingerprint density at radius 2 is 1.74 bits per heavy atom. The minimum absolute atomic E-state index is 0.0370. The van der Waals surface area contributed by atoms with Gasteiger partial charge in [-0.1, -0.05) is 0 Å². The van der Waals surface area contributed by atoms with E-state index < -0.39 is 0 Å². The first-order valence-electron chi connectivity index (χ1n) is 7.46. The second-order valence-corrected chi connectivity index (χ2v) is 7.04. The fraction of sp³-hybridized carbons (Fsp3) is 0.867. The Kier molecular flexibility index (Phi) is 2.96. The lowest BCUT2D eigenvalue weighted by atomic mass is 9.53. The van der Waals surface area contributed by atoms with Crippen LogP contribution in [0.15, 0.2) is 0 Å². The molecule has 0 radical (unpaired) electrons. The van der Waals surface area contributed by atoms with E-state index in [-0.39, 0.29) is 17.6 Å². The fourth-order valence-corrected chi connectivity index (χ4v) is 4.84. The normalized spacial score (nSPS) is 40.6. The van der Waals surface area contributed by atoms with Gasteiger partial charge in [-0.15, -0.1) is 0 Å². The van der Waals surface area contributed by atoms with Gasteiger partial charge >= 0.3 is 6.03 Å². The van der Waals surface area contributed by atoms with Crippen LogP contribution >= 0.6 is 0 Å². The van der Waals surface area contributed by atoms with Crippen molar-refractivity contribution in [3.05, 3.63) is 0 Å². The molecule has 4 bridgehead atoms. The van der Waals surface area contributed by atoms with Crippen molar-refractivity contribution in [2.75, 3.05) is 7.05 Å². The summed E-state index contributed by atoms with van der Waals surface area (Å²) >= 11 is 0. The number of urea groups is 1. The van der Waals surface area contributed by atoms with Crippen molar-refractivity contribution >= 4 is 6.03 Å². The number of amides is 2. The van der Waals surface area contributed by atoms with Crippen LogP contribution in [0, 0.1) is 29.1 Å². The van der Waals surface area contributed by atoms with Crippen molar-refractivity contribution in [2.45, 2.75) is 57.0 Å². The van der Waals surface area contributed by atoms with Gasteiger partial charge in [0.05, 0.1) is 6.07 Å². The topological polar surface area (TPSA) is 56.1 Å². The highest BCUT2D eigenvalue weighted by Gasteiger charge is 2.51. The SMILES string of the molecule is CC(C#N)N(C)C(=O)NC12CC3CC(CC(C3)C1)C2. The highest BCUT2D eigenvalue weighted by atomic mass is 16.2. The summed E-state index contributed by atoms with van der Waals surface area (Å²) in [5, 5.41) is 12.2. The van der Waals surface area contributed by atoms with E-state index in [0.717, 1.165) is 37.0 Å². The molecule has 2 amide bonds. The number of nitriles is 1. The Hall–Kier alpha value is -1.24. The monoisotopic (exact) mass is 261 g/mol. The van der Waals surface area contributed by atoms with Crippen molar-refractivity contribution in [1.82, 2.24) is 10.2 Å². The number of nitrogens with one attached hydrogen (secondary N) is 1. The minimum atomic E-state index is -0.367. The molecule has 4 saturated carbocycles. The van der Waals surface area contributed by atoms with Crippen LogP contribution in [0.3, 0.4) is 0 Å². The summed E-state index contributed by atoms with van der Waals surface area (Å²) < 4.78 is 0. The zero-order valence-electron chi connectivity index (χ0n) is 11.9. The van der Waals surface area contributed by atoms with E-state index in [2.05, 4.69) is 11.4 Å². The molecule has 4 fully saturated rings. The summed E-state index contributed by atoms with van der Waals surface area (Å²) in [7, 11) is 1.71. The number of hydrogen-bond donors (Lipinski definition) is 1. The van der Waals surface area contributed by atoms with Gasteiger partial charge in [0.15, 0.2) is 0 Å². The van der Waals surface area contributed by atoms with E-state index in [1.54, 1.807) is 14.0 Å². The van der Waals surface area contributed by atoms with Crippen molar-refractivity contribution in [3.63, 3.8) is 0 Å². The molecule has 1 N–H and O–H groups in total. The lowest BCUT2D eigenvalue weighted by Crippen LogP contribution is -2.62. The van der Waals surface area contributed by atoms with Crippen LogP contribution < -0.4 is 5.32 Å². The zero-order valence-corrected chi connectivity index (χ0v) is 11.9. The molecule has 1 atom stereocenters. The maximum Gasteiger partial charge on any atom is 0.318 e. The Balaban J connectivity index is 1.70. The smallest absolute Gasteiger partial charge is 0.318 e. The zero-order chi connectivity index (χ0) is 13.6. The molecule has 4 aliphatic rings. The first-order chi connectivity index (χ1) is 9.01. The maximum atomic E-state index is 12.3. The summed E-state index contributed by atoms with van der Waals surface area (Å²) in [5.41, 5.74) is 0.0370. The second-order valence-electron chi connectivity index (χ2n) is 7.04. The Bertz CT molecular complexity index is 390. The predicted molar refractivity (Wildman–Crippen MR) is 72.3 cm³/mol. The molecule has 104 valence electrons. The molecule has 4 rings (SSSR count). The molecule has 0 aromatic heterocycles. The third kappa shape index (κ3) is 2.20. The van der Waals surface area contributed by atoms with Crippen molar-refractivity contribution in [1.29, 1.82) is 5.26 Å². The van der Waals surface area contributed by atoms with Crippen LogP contribution in [0.1, 0.15) is 45.4 Å². The van der Waals surface area contributed by atoms with E-state index in [4.69, 9.17) is 5.26 Å². The number of hydrogen-bond acceptors (Lipinski definition) is 2. The van der Waals surface area contributed by atoms with Crippen LogP contribution in [0.25, 0.3) is 0 Å². The van der Waals surface area contributed by atoms with Crippen LogP contribution in [-0.2, 0) is 0 Å². The third-order valence-electron chi connectivity index (χ3n) is 5.50. The Morgan fingerprint density at radius 3 is 2.16 bits per heavy atom. The van der Waals surface area contributed by atoms with E-state index in [9.17, 15) is 4.79 Å². The standard InChI is InChI=1S/C15H23N3O/c1-10(9-16)18(2)14(19)17-15-6-11-3-12(7-15)5-13(4-11)8-15/h10-13H,3-8H2,1-2H3,(H,17,19). The summed E-state index contributed by atoms with van der Waals surface area (Å²) in [6.45, 7) is 1.76. The van der Waals surface area contributed by atoms with Crippen LogP contribution in [-0.4, -0.2) is 29.6 Å². The minimum Gasteiger partial charge on any atom is -0.333 e. The van der Waals surface area contributed by atoms with Gasteiger partial charge in [-0.2, -0.15) is 5.26 Å². The van der Waals surface area contributed by atoms with E-state index in [1.165, 1.54) is 24.2 Å². The summed E-state index contributed by atoms with van der Waals surface area (Å²) in [4.78, 5) is 13.8. The lowest BCUT2D eigenvalue weighted by molar-refractivity contribution is -0.0155. The van der Waals surface area contributed by atoms with Crippen molar-refractivity contribution < 1.29 is 4.79 Å². The first-order valence-corrected chi connectivity index (χ1v) is 7.46. The van der Waals surface area contributed by atoms with Gasteiger partial charge in [0.2, 0.25) is 0 Å². The van der Waals surface area contributed by atoms with Crippen molar-refractivity contribution in [2.24, 2.45) is 17.8 Å². The van der Waals surface area contributed by atoms with Gasteiger partial charge < -0.3 is 10.2 Å². The number of carbonyl (C=O) groups excluding carboxylic acids is 1. The highest BCUT2D eigenvalue weighted by Crippen LogP contribution is 2.55. The van der Waals surface area contributed by atoms with Gasteiger partial charge in [-0.25, -0.2) is 4.79 Å². The molecule has 0 spiro atoms. The third-order valence-corrected chi connectivity index (χ3v) is 5.50. The molecular weight excluding hydrogens is 238 g/mol. The number of rotatable bonds is 2. The summed E-state index contributed by atoms with van der Waals surface area (Å²) in [6.07, 6.45) is 7.58. The van der Waals surface area contributed by atoms with E-state index in [0.29, 0.717) is 0 Å². The molecule has 0 aliphatic heterocycles. The van der Waals surface area contributed by atoms with E-state index >= 15 is 0 Å². The molecule has 1 unspecified atom stereocenters. The van der Waals surface area contributed by atoms with Gasteiger partial charge in [-0.3, -0.25) is 0 Å². The Labute approximate surface area is 115 Å². The second kappa shape index (κ2) is 4.40. The molecule has 4 aliphatic carbocycles. The maximum absolute atomic E-state index is 12.3. The lowest BCUT2D eigenvalue weighted by Gasteiger charge is -2.57. The quantitative estimate of drug-likeness (QED) is 0.830. The van der Waals surface area contributed by atoms with Gasteiger partial charge in [-0.05, 0) is 63.2 Å². The van der Waals surface area contributed by atoms with Gasteiger partial charge in [0.1, 0.15) is 6.04 Å². The molecule has 19 heavy (non-hydrogen) atoms. The fourth-order valence-electron chi connectivity index (χ4n) is 4.84. The number of nitrogens with zero attached hydrogens (tertiary/aromatic N) is 2. The van der Waals surface area contributed by atoms with E-state index in [1.807, 2.05) is 0 Å². The van der Waals surface area contributed by atoms with Crippen LogP contribution in [0.4, 0.5) is 4.79 Å². The molecular formula is C15H23N3O. The molecule has 0 heterocycles. The molecule has 4 heteroatoms. The summed E-state index contributed by atoms with van der Waals surface area (Å²) in [6, 6.07) is 1.68. The largest absolute Gasteiger partial charge is 0.333 e. The van der Waals surface area contributed by atoms with Crippen molar-refractivity contribution in [3.8, 4) is 6.07 Å². The molecule has 0 aromatic rings. The average Bonchev–Trinajstić information content (AvgIpc) is 2.34. The van der Waals surface area contributed by atoms with Gasteiger partial charge in [0, 0.05) is 12.6 Å². The van der Waals surface area contributed by atoms with Crippen LogP contribution in [0.2, 0.25) is 0 Å². The average molecular weight is 261 g/mol.